The number of carbonyl (C=O) groups excluding carboxylic acids is 1. The average Bonchev–Trinajstić information content (AvgIpc) is 2.62. The third-order valence-corrected chi connectivity index (χ3v) is 5.38. The third-order valence-electron chi connectivity index (χ3n) is 4.13. The van der Waals surface area contributed by atoms with Crippen LogP contribution in [0.4, 0.5) is 10.1 Å². The number of sulfonamides is 1. The van der Waals surface area contributed by atoms with Crippen molar-refractivity contribution in [2.45, 2.75) is 25.9 Å². The Balaban J connectivity index is 2.26. The van der Waals surface area contributed by atoms with E-state index in [-0.39, 0.29) is 5.69 Å². The Morgan fingerprint density at radius 1 is 1.11 bits per heavy atom. The van der Waals surface area contributed by atoms with Crippen LogP contribution in [-0.2, 0) is 14.8 Å². The highest BCUT2D eigenvalue weighted by atomic mass is 32.2. The van der Waals surface area contributed by atoms with Crippen molar-refractivity contribution in [3.8, 4) is 5.75 Å². The maximum absolute atomic E-state index is 13.2. The maximum atomic E-state index is 13.2. The molecule has 0 saturated heterocycles. The van der Waals surface area contributed by atoms with Crippen LogP contribution < -0.4 is 14.4 Å². The highest BCUT2D eigenvalue weighted by molar-refractivity contribution is 7.92. The summed E-state index contributed by atoms with van der Waals surface area (Å²) in [5.74, 6) is -0.353. The summed E-state index contributed by atoms with van der Waals surface area (Å²) in [5, 5.41) is 2.81. The van der Waals surface area contributed by atoms with Crippen LogP contribution in [0.15, 0.2) is 48.5 Å². The van der Waals surface area contributed by atoms with Gasteiger partial charge in [0.25, 0.3) is 0 Å². The van der Waals surface area contributed by atoms with Crippen LogP contribution in [0, 0.1) is 5.82 Å². The lowest BCUT2D eigenvalue weighted by atomic mass is 10.1. The number of carbonyl (C=O) groups is 1. The molecule has 0 aliphatic rings. The average molecular weight is 394 g/mol. The van der Waals surface area contributed by atoms with E-state index in [4.69, 9.17) is 4.74 Å². The van der Waals surface area contributed by atoms with Crippen molar-refractivity contribution in [3.63, 3.8) is 0 Å². The van der Waals surface area contributed by atoms with Crippen LogP contribution in [0.2, 0.25) is 0 Å². The minimum absolute atomic E-state index is 0.214. The van der Waals surface area contributed by atoms with Gasteiger partial charge in [-0.2, -0.15) is 0 Å². The Kier molecular flexibility index (Phi) is 6.43. The van der Waals surface area contributed by atoms with Crippen molar-refractivity contribution in [3.05, 3.63) is 59.9 Å². The Morgan fingerprint density at radius 3 is 2.26 bits per heavy atom. The molecular formula is C19H23FN2O4S. The first kappa shape index (κ1) is 20.7. The lowest BCUT2D eigenvalue weighted by Gasteiger charge is -2.29. The van der Waals surface area contributed by atoms with E-state index in [0.717, 1.165) is 28.3 Å². The second-order valence-electron chi connectivity index (χ2n) is 6.18. The van der Waals surface area contributed by atoms with Crippen molar-refractivity contribution in [2.24, 2.45) is 0 Å². The van der Waals surface area contributed by atoms with E-state index in [2.05, 4.69) is 5.32 Å². The van der Waals surface area contributed by atoms with Crippen LogP contribution in [-0.4, -0.2) is 33.7 Å². The summed E-state index contributed by atoms with van der Waals surface area (Å²) < 4.78 is 43.9. The molecule has 0 fully saturated rings. The van der Waals surface area contributed by atoms with Gasteiger partial charge in [0.05, 0.1) is 25.1 Å². The Morgan fingerprint density at radius 2 is 1.70 bits per heavy atom. The van der Waals surface area contributed by atoms with Gasteiger partial charge in [-0.1, -0.05) is 18.2 Å². The molecule has 146 valence electrons. The number of benzene rings is 2. The molecule has 1 N–H and O–H groups in total. The molecule has 2 aromatic rings. The predicted octanol–water partition coefficient (Wildman–Crippen LogP) is 2.87. The number of anilines is 1. The van der Waals surface area contributed by atoms with E-state index in [1.165, 1.54) is 26.2 Å². The molecule has 0 saturated carbocycles. The van der Waals surface area contributed by atoms with Crippen LogP contribution >= 0.6 is 0 Å². The summed E-state index contributed by atoms with van der Waals surface area (Å²) in [5.41, 5.74) is 0.986. The fraction of sp³-hybridized carbons (Fsp3) is 0.316. The third kappa shape index (κ3) is 4.97. The molecule has 0 radical (unpaired) electrons. The van der Waals surface area contributed by atoms with Gasteiger partial charge in [0, 0.05) is 5.56 Å². The highest BCUT2D eigenvalue weighted by Gasteiger charge is 2.30. The van der Waals surface area contributed by atoms with Gasteiger partial charge in [-0.25, -0.2) is 12.8 Å². The number of rotatable bonds is 7. The summed E-state index contributed by atoms with van der Waals surface area (Å²) in [4.78, 5) is 12.7. The number of nitrogens with zero attached hydrogens (tertiary/aromatic N) is 1. The Hall–Kier alpha value is -2.61. The quantitative estimate of drug-likeness (QED) is 0.784. The summed E-state index contributed by atoms with van der Waals surface area (Å²) in [6.45, 7) is 3.26. The predicted molar refractivity (Wildman–Crippen MR) is 103 cm³/mol. The fourth-order valence-electron chi connectivity index (χ4n) is 2.83. The van der Waals surface area contributed by atoms with Gasteiger partial charge in [0.15, 0.2) is 0 Å². The van der Waals surface area contributed by atoms with Gasteiger partial charge in [-0.3, -0.25) is 9.10 Å². The van der Waals surface area contributed by atoms with Gasteiger partial charge in [0.2, 0.25) is 15.9 Å². The summed E-state index contributed by atoms with van der Waals surface area (Å²) in [6.07, 6.45) is 1.00. The first-order valence-electron chi connectivity index (χ1n) is 8.33. The molecule has 0 aromatic heterocycles. The second-order valence-corrected chi connectivity index (χ2v) is 8.04. The van der Waals surface area contributed by atoms with E-state index < -0.39 is 33.8 Å². The lowest BCUT2D eigenvalue weighted by molar-refractivity contribution is -0.122. The molecule has 2 aromatic carbocycles. The summed E-state index contributed by atoms with van der Waals surface area (Å²) in [6, 6.07) is 10.8. The number of para-hydroxylation sites is 1. The SMILES string of the molecule is COc1ccccc1[C@@H](C)NC(=O)[C@H](C)N(c1ccc(F)cc1)S(C)(=O)=O. The molecule has 8 heteroatoms. The van der Waals surface area contributed by atoms with Crippen molar-refractivity contribution in [2.75, 3.05) is 17.7 Å². The topological polar surface area (TPSA) is 75.7 Å². The van der Waals surface area contributed by atoms with Gasteiger partial charge in [-0.05, 0) is 44.2 Å². The molecule has 27 heavy (non-hydrogen) atoms. The zero-order chi connectivity index (χ0) is 20.2. The number of hydrogen-bond acceptors (Lipinski definition) is 4. The zero-order valence-corrected chi connectivity index (χ0v) is 16.5. The molecule has 0 unspecified atom stereocenters. The van der Waals surface area contributed by atoms with Crippen molar-refractivity contribution < 1.29 is 22.3 Å². The number of nitrogens with one attached hydrogen (secondary N) is 1. The first-order valence-corrected chi connectivity index (χ1v) is 10.2. The van der Waals surface area contributed by atoms with Crippen LogP contribution in [0.1, 0.15) is 25.5 Å². The van der Waals surface area contributed by atoms with Gasteiger partial charge in [-0.15, -0.1) is 0 Å². The van der Waals surface area contributed by atoms with Crippen molar-refractivity contribution in [1.29, 1.82) is 0 Å². The molecule has 0 aliphatic carbocycles. The van der Waals surface area contributed by atoms with Crippen LogP contribution in [0.3, 0.4) is 0 Å². The molecule has 0 heterocycles. The highest BCUT2D eigenvalue weighted by Crippen LogP contribution is 2.25. The summed E-state index contributed by atoms with van der Waals surface area (Å²) in [7, 11) is -2.23. The molecule has 0 bridgehead atoms. The molecule has 2 rings (SSSR count). The number of methoxy groups -OCH3 is 1. The lowest BCUT2D eigenvalue weighted by Crippen LogP contribution is -2.48. The normalized spacial score (nSPS) is 13.5. The van der Waals surface area contributed by atoms with E-state index >= 15 is 0 Å². The van der Waals surface area contributed by atoms with Gasteiger partial charge in [0.1, 0.15) is 17.6 Å². The minimum Gasteiger partial charge on any atom is -0.496 e. The van der Waals surface area contributed by atoms with Crippen LogP contribution in [0.5, 0.6) is 5.75 Å². The Bertz CT molecular complexity index is 900. The largest absolute Gasteiger partial charge is 0.496 e. The van der Waals surface area contributed by atoms with Gasteiger partial charge >= 0.3 is 0 Å². The van der Waals surface area contributed by atoms with E-state index in [1.54, 1.807) is 13.0 Å². The molecule has 0 aliphatic heterocycles. The fourth-order valence-corrected chi connectivity index (χ4v) is 4.01. The van der Waals surface area contributed by atoms with Gasteiger partial charge < -0.3 is 10.1 Å². The maximum Gasteiger partial charge on any atom is 0.244 e. The second kappa shape index (κ2) is 8.39. The number of amides is 1. The van der Waals surface area contributed by atoms with E-state index in [1.807, 2.05) is 18.2 Å². The molecule has 1 amide bonds. The van der Waals surface area contributed by atoms with Crippen molar-refractivity contribution in [1.82, 2.24) is 5.32 Å². The number of hydrogen-bond donors (Lipinski definition) is 1. The standard InChI is InChI=1S/C19H23FN2O4S/c1-13(17-7-5-6-8-18(17)26-3)21-19(23)14(2)22(27(4,24)25)16-11-9-15(20)10-12-16/h5-14H,1-4H3,(H,21,23)/t13-,14+/m1/s1. The smallest absolute Gasteiger partial charge is 0.244 e. The zero-order valence-electron chi connectivity index (χ0n) is 15.6. The molecule has 6 nitrogen and oxygen atoms in total. The molecule has 2 atom stereocenters. The number of halogens is 1. The Labute approximate surface area is 159 Å². The first-order chi connectivity index (χ1) is 12.6. The summed E-state index contributed by atoms with van der Waals surface area (Å²) >= 11 is 0. The molecular weight excluding hydrogens is 371 g/mol. The van der Waals surface area contributed by atoms with E-state index in [9.17, 15) is 17.6 Å². The van der Waals surface area contributed by atoms with Crippen molar-refractivity contribution >= 4 is 21.6 Å². The van der Waals surface area contributed by atoms with E-state index in [0.29, 0.717) is 5.75 Å². The molecule has 0 spiro atoms. The monoisotopic (exact) mass is 394 g/mol. The minimum atomic E-state index is -3.76. The number of ether oxygens (including phenoxy) is 1. The van der Waals surface area contributed by atoms with Crippen LogP contribution in [0.25, 0.3) is 0 Å².